The lowest BCUT2D eigenvalue weighted by Gasteiger charge is -2.32. The van der Waals surface area contributed by atoms with Gasteiger partial charge in [-0.1, -0.05) is 6.08 Å². The number of hydrogen-bond donors (Lipinski definition) is 2. The van der Waals surface area contributed by atoms with Crippen LogP contribution in [0, 0.1) is 20.8 Å². The molecule has 218 valence electrons. The molecule has 11 heteroatoms. The number of nitrogens with zero attached hydrogens (tertiary/aromatic N) is 1. The van der Waals surface area contributed by atoms with Crippen LogP contribution in [0.2, 0.25) is 0 Å². The van der Waals surface area contributed by atoms with Crippen LogP contribution in [0.3, 0.4) is 0 Å². The highest BCUT2D eigenvalue weighted by Gasteiger charge is 2.55. The quantitative estimate of drug-likeness (QED) is 0.310. The van der Waals surface area contributed by atoms with Gasteiger partial charge in [0.15, 0.2) is 0 Å². The van der Waals surface area contributed by atoms with Gasteiger partial charge in [0.2, 0.25) is 10.0 Å². The number of allylic oxidation sites excluding steroid dienone is 1. The summed E-state index contributed by atoms with van der Waals surface area (Å²) in [5.41, 5.74) is 2.30. The van der Waals surface area contributed by atoms with Gasteiger partial charge in [0, 0.05) is 34.9 Å². The highest BCUT2D eigenvalue weighted by Crippen LogP contribution is 2.48. The summed E-state index contributed by atoms with van der Waals surface area (Å²) in [7, 11) is -4.62. The average Bonchev–Trinajstić information content (AvgIpc) is 3.53. The third kappa shape index (κ3) is 4.77. The lowest BCUT2D eigenvalue weighted by molar-refractivity contribution is 0.00578. The fourth-order valence-corrected chi connectivity index (χ4v) is 7.65. The van der Waals surface area contributed by atoms with E-state index in [0.29, 0.717) is 46.8 Å². The Bertz CT molecular complexity index is 1730. The first-order valence-electron chi connectivity index (χ1n) is 13.9. The van der Waals surface area contributed by atoms with E-state index in [9.17, 15) is 18.0 Å². The van der Waals surface area contributed by atoms with Crippen molar-refractivity contribution < 1.29 is 22.5 Å². The van der Waals surface area contributed by atoms with Crippen molar-refractivity contribution in [1.29, 1.82) is 0 Å². The van der Waals surface area contributed by atoms with E-state index in [0.717, 1.165) is 11.3 Å². The van der Waals surface area contributed by atoms with Gasteiger partial charge in [-0.3, -0.25) is 9.59 Å². The Morgan fingerprint density at radius 3 is 2.29 bits per heavy atom. The third-order valence-corrected chi connectivity index (χ3v) is 11.4. The predicted molar refractivity (Wildman–Crippen MR) is 161 cm³/mol. The fraction of sp³-hybridized carbons (Fsp3) is 0.467. The van der Waals surface area contributed by atoms with Gasteiger partial charge in [-0.2, -0.15) is 0 Å². The zero-order valence-electron chi connectivity index (χ0n) is 24.8. The average molecular weight is 580 g/mol. The molecule has 1 aliphatic heterocycles. The fourth-order valence-electron chi connectivity index (χ4n) is 5.58. The molecule has 2 aliphatic rings. The lowest BCUT2D eigenvalue weighted by atomic mass is 9.77. The minimum atomic E-state index is -3.81. The molecule has 0 radical (unpaired) electrons. The first kappa shape index (κ1) is 29.4. The summed E-state index contributed by atoms with van der Waals surface area (Å²) in [5.74, 6) is -0.432. The first-order chi connectivity index (χ1) is 19.0. The van der Waals surface area contributed by atoms with Crippen molar-refractivity contribution in [2.75, 3.05) is 0 Å². The van der Waals surface area contributed by atoms with Crippen molar-refractivity contribution in [1.82, 2.24) is 14.3 Å². The molecule has 1 aliphatic carbocycles. The number of rotatable bonds is 8. The smallest absolute Gasteiger partial charge is 0.399 e. The Morgan fingerprint density at radius 1 is 1.10 bits per heavy atom. The Hall–Kier alpha value is -3.15. The minimum absolute atomic E-state index is 0.0169. The molecule has 1 saturated carbocycles. The predicted octanol–water partition coefficient (Wildman–Crippen LogP) is 3.77. The van der Waals surface area contributed by atoms with E-state index < -0.39 is 39.0 Å². The van der Waals surface area contributed by atoms with E-state index in [2.05, 4.69) is 16.9 Å². The molecule has 0 atom stereocenters. The van der Waals surface area contributed by atoms with Crippen LogP contribution in [0.4, 0.5) is 0 Å². The highest BCUT2D eigenvalue weighted by atomic mass is 32.2. The maximum atomic E-state index is 14.0. The molecule has 5 rings (SSSR count). The number of carbonyl (C=O) groups is 1. The molecule has 1 saturated heterocycles. The van der Waals surface area contributed by atoms with Crippen LogP contribution in [-0.2, 0) is 25.9 Å². The molecule has 2 fully saturated rings. The monoisotopic (exact) mass is 579 g/mol. The van der Waals surface area contributed by atoms with Crippen LogP contribution in [0.25, 0.3) is 10.9 Å². The molecule has 1 aromatic carbocycles. The number of hydrogen-bond acceptors (Lipinski definition) is 6. The maximum absolute atomic E-state index is 14.0. The Kier molecular flexibility index (Phi) is 6.95. The molecular weight excluding hydrogens is 541 g/mol. The molecule has 41 heavy (non-hydrogen) atoms. The summed E-state index contributed by atoms with van der Waals surface area (Å²) in [4.78, 5) is 29.1. The molecule has 0 unspecified atom stereocenters. The largest absolute Gasteiger partial charge is 0.494 e. The molecule has 2 N–H and O–H groups in total. The van der Waals surface area contributed by atoms with Gasteiger partial charge in [0.1, 0.15) is 0 Å². The summed E-state index contributed by atoms with van der Waals surface area (Å²) >= 11 is 0. The molecule has 3 heterocycles. The van der Waals surface area contributed by atoms with E-state index in [-0.39, 0.29) is 17.7 Å². The van der Waals surface area contributed by atoms with Crippen molar-refractivity contribution >= 4 is 39.4 Å². The number of pyridine rings is 1. The summed E-state index contributed by atoms with van der Waals surface area (Å²) in [6, 6.07) is 5.30. The highest BCUT2D eigenvalue weighted by molar-refractivity contribution is 7.91. The summed E-state index contributed by atoms with van der Waals surface area (Å²) in [6.45, 7) is 16.9. The van der Waals surface area contributed by atoms with Gasteiger partial charge in [0.05, 0.1) is 21.5 Å². The summed E-state index contributed by atoms with van der Waals surface area (Å²) in [6.07, 6.45) is 4.68. The van der Waals surface area contributed by atoms with Gasteiger partial charge < -0.3 is 19.6 Å². The summed E-state index contributed by atoms with van der Waals surface area (Å²) < 4.78 is 40.9. The normalized spacial score (nSPS) is 19.0. The number of aromatic nitrogens is 2. The third-order valence-electron chi connectivity index (χ3n) is 8.90. The van der Waals surface area contributed by atoms with Gasteiger partial charge in [-0.15, -0.1) is 6.58 Å². The maximum Gasteiger partial charge on any atom is 0.494 e. The van der Waals surface area contributed by atoms with Gasteiger partial charge >= 0.3 is 7.12 Å². The van der Waals surface area contributed by atoms with E-state index in [1.807, 2.05) is 40.7 Å². The number of H-pyrrole nitrogens is 1. The SMILES string of the molecule is C=CCC1(S(=O)(=O)n2cc(C)c3c(C(=O)NCc4c(C)cc(C)[nH]c4=O)cc(B4OC(C)(C)C(C)(C)O4)cc32)CC1. The number of benzene rings is 1. The Balaban J connectivity index is 1.64. The number of aryl methyl sites for hydroxylation is 3. The molecular formula is C30H38BN3O6S. The van der Waals surface area contributed by atoms with E-state index >= 15 is 0 Å². The molecule has 1 amide bonds. The molecule has 2 aromatic heterocycles. The first-order valence-corrected chi connectivity index (χ1v) is 15.3. The zero-order chi connectivity index (χ0) is 30.1. The number of nitrogens with one attached hydrogen (secondary N) is 2. The zero-order valence-corrected chi connectivity index (χ0v) is 25.6. The lowest BCUT2D eigenvalue weighted by Crippen LogP contribution is -2.41. The van der Waals surface area contributed by atoms with Crippen LogP contribution in [-0.4, -0.2) is 46.3 Å². The second kappa shape index (κ2) is 9.71. The molecule has 3 aromatic rings. The minimum Gasteiger partial charge on any atom is -0.399 e. The van der Waals surface area contributed by atoms with Crippen molar-refractivity contribution in [3.05, 3.63) is 75.4 Å². The molecule has 0 spiro atoms. The number of fused-ring (bicyclic) bond motifs is 1. The van der Waals surface area contributed by atoms with Crippen molar-refractivity contribution in [2.45, 2.75) is 90.2 Å². The van der Waals surface area contributed by atoms with Crippen LogP contribution in [0.15, 0.2) is 41.8 Å². The van der Waals surface area contributed by atoms with Gasteiger partial charge in [-0.05, 0) is 103 Å². The van der Waals surface area contributed by atoms with Crippen LogP contribution in [0.1, 0.15) is 79.7 Å². The van der Waals surface area contributed by atoms with Crippen LogP contribution in [0.5, 0.6) is 0 Å². The molecule has 9 nitrogen and oxygen atoms in total. The number of amides is 1. The second-order valence-electron chi connectivity index (χ2n) is 12.5. The Morgan fingerprint density at radius 2 is 1.73 bits per heavy atom. The van der Waals surface area contributed by atoms with E-state index in [1.165, 1.54) is 3.97 Å². The van der Waals surface area contributed by atoms with Gasteiger partial charge in [-0.25, -0.2) is 12.4 Å². The van der Waals surface area contributed by atoms with E-state index in [1.54, 1.807) is 38.3 Å². The van der Waals surface area contributed by atoms with Crippen LogP contribution >= 0.6 is 0 Å². The van der Waals surface area contributed by atoms with Crippen molar-refractivity contribution in [2.24, 2.45) is 0 Å². The standard InChI is InChI=1S/C30H38BN3O6S/c1-9-10-30(11-12-30)41(37,38)34-17-19(3)25-22(26(35)32-16-23-18(2)13-20(4)33-27(23)36)14-21(15-24(25)34)31-39-28(5,6)29(7,8)40-31/h9,13-15,17H,1,10-12,16H2,2-8H3,(H,32,35)(H,33,36). The number of carbonyl (C=O) groups excluding carboxylic acids is 1. The second-order valence-corrected chi connectivity index (χ2v) is 14.7. The molecule has 0 bridgehead atoms. The van der Waals surface area contributed by atoms with Crippen molar-refractivity contribution in [3.8, 4) is 0 Å². The van der Waals surface area contributed by atoms with Crippen LogP contribution < -0.4 is 16.3 Å². The Labute approximate surface area is 241 Å². The summed E-state index contributed by atoms with van der Waals surface area (Å²) in [5, 5.41) is 3.41. The number of aromatic amines is 1. The van der Waals surface area contributed by atoms with Crippen molar-refractivity contribution in [3.63, 3.8) is 0 Å². The topological polar surface area (TPSA) is 119 Å². The van der Waals surface area contributed by atoms with Gasteiger partial charge in [0.25, 0.3) is 11.5 Å². The van der Waals surface area contributed by atoms with E-state index in [4.69, 9.17) is 9.31 Å².